The summed E-state index contributed by atoms with van der Waals surface area (Å²) in [7, 11) is 1.66. The van der Waals surface area contributed by atoms with Gasteiger partial charge >= 0.3 is 0 Å². The first-order chi connectivity index (χ1) is 12.6. The van der Waals surface area contributed by atoms with Crippen molar-refractivity contribution in [3.8, 4) is 0 Å². The van der Waals surface area contributed by atoms with E-state index in [2.05, 4.69) is 36.9 Å². The van der Waals surface area contributed by atoms with E-state index in [0.717, 1.165) is 11.3 Å². The second-order valence-electron chi connectivity index (χ2n) is 6.08. The standard InChI is InChI=1S/C19H20BrFN4O.HI/c1-22-19(23-10-12-6-7-14(20)9-16(12)21)24-11-13-8-18(26)25-17-5-3-2-4-15(13)17;/h2-7,9,13H,8,10-11H2,1H3,(H,25,26)(H2,22,23,24);1H. The van der Waals surface area contributed by atoms with Crippen molar-refractivity contribution in [2.24, 2.45) is 4.99 Å². The largest absolute Gasteiger partial charge is 0.356 e. The number of hydrogen-bond donors (Lipinski definition) is 3. The monoisotopic (exact) mass is 546 g/mol. The molecule has 3 N–H and O–H groups in total. The van der Waals surface area contributed by atoms with Crippen molar-refractivity contribution in [3.63, 3.8) is 0 Å². The quantitative estimate of drug-likeness (QED) is 0.308. The highest BCUT2D eigenvalue weighted by Crippen LogP contribution is 2.31. The number of benzene rings is 2. The SMILES string of the molecule is CN=C(NCc1ccc(Br)cc1F)NCC1CC(=O)Nc2ccccc21.I. The number of anilines is 1. The van der Waals surface area contributed by atoms with E-state index < -0.39 is 0 Å². The van der Waals surface area contributed by atoms with Gasteiger partial charge in [0, 0.05) is 48.2 Å². The van der Waals surface area contributed by atoms with E-state index in [1.807, 2.05) is 24.3 Å². The minimum atomic E-state index is -0.278. The van der Waals surface area contributed by atoms with Crippen molar-refractivity contribution >= 4 is 57.5 Å². The zero-order valence-corrected chi connectivity index (χ0v) is 18.7. The number of hydrogen-bond acceptors (Lipinski definition) is 2. The van der Waals surface area contributed by atoms with Crippen LogP contribution in [0.2, 0.25) is 0 Å². The number of guanidine groups is 1. The number of fused-ring (bicyclic) bond motifs is 1. The summed E-state index contributed by atoms with van der Waals surface area (Å²) in [6.07, 6.45) is 0.419. The summed E-state index contributed by atoms with van der Waals surface area (Å²) in [6, 6.07) is 12.8. The zero-order chi connectivity index (χ0) is 18.5. The van der Waals surface area contributed by atoms with Crippen LogP contribution >= 0.6 is 39.9 Å². The molecule has 0 saturated carbocycles. The van der Waals surface area contributed by atoms with E-state index >= 15 is 0 Å². The van der Waals surface area contributed by atoms with Crippen LogP contribution in [0.25, 0.3) is 0 Å². The lowest BCUT2D eigenvalue weighted by Crippen LogP contribution is -2.40. The minimum absolute atomic E-state index is 0. The summed E-state index contributed by atoms with van der Waals surface area (Å²) in [5.74, 6) is 0.356. The van der Waals surface area contributed by atoms with Crippen LogP contribution in [0.15, 0.2) is 51.9 Å². The molecule has 27 heavy (non-hydrogen) atoms. The Morgan fingerprint density at radius 1 is 1.30 bits per heavy atom. The molecule has 1 atom stereocenters. The van der Waals surface area contributed by atoms with Gasteiger partial charge in [-0.25, -0.2) is 4.39 Å². The number of carbonyl (C=O) groups is 1. The van der Waals surface area contributed by atoms with Crippen molar-refractivity contribution in [2.45, 2.75) is 18.9 Å². The average molecular weight is 547 g/mol. The van der Waals surface area contributed by atoms with Gasteiger partial charge in [-0.3, -0.25) is 9.79 Å². The van der Waals surface area contributed by atoms with Crippen molar-refractivity contribution in [3.05, 3.63) is 63.9 Å². The van der Waals surface area contributed by atoms with Crippen LogP contribution in [0.5, 0.6) is 0 Å². The van der Waals surface area contributed by atoms with Gasteiger partial charge in [0.1, 0.15) is 5.82 Å². The number of halogens is 3. The first-order valence-corrected chi connectivity index (χ1v) is 9.13. The summed E-state index contributed by atoms with van der Waals surface area (Å²) in [6.45, 7) is 0.882. The molecule has 8 heteroatoms. The smallest absolute Gasteiger partial charge is 0.225 e. The molecule has 1 aliphatic rings. The molecule has 0 aromatic heterocycles. The molecule has 0 radical (unpaired) electrons. The van der Waals surface area contributed by atoms with E-state index in [9.17, 15) is 9.18 Å². The fraction of sp³-hybridized carbons (Fsp3) is 0.263. The number of para-hydroxylation sites is 1. The Bertz CT molecular complexity index is 846. The van der Waals surface area contributed by atoms with Gasteiger partial charge in [-0.1, -0.05) is 40.2 Å². The minimum Gasteiger partial charge on any atom is -0.356 e. The fourth-order valence-electron chi connectivity index (χ4n) is 2.97. The molecular formula is C19H21BrFIN4O. The van der Waals surface area contributed by atoms with Gasteiger partial charge in [-0.15, -0.1) is 24.0 Å². The van der Waals surface area contributed by atoms with Crippen LogP contribution in [0.3, 0.4) is 0 Å². The molecule has 5 nitrogen and oxygen atoms in total. The third-order valence-corrected chi connectivity index (χ3v) is 4.80. The number of amides is 1. The third kappa shape index (κ3) is 5.65. The summed E-state index contributed by atoms with van der Waals surface area (Å²) >= 11 is 3.25. The van der Waals surface area contributed by atoms with Crippen molar-refractivity contribution < 1.29 is 9.18 Å². The summed E-state index contributed by atoms with van der Waals surface area (Å²) in [5, 5.41) is 9.22. The van der Waals surface area contributed by atoms with Gasteiger partial charge in [0.05, 0.1) is 0 Å². The third-order valence-electron chi connectivity index (χ3n) is 4.31. The fourth-order valence-corrected chi connectivity index (χ4v) is 3.30. The Kier molecular flexibility index (Phi) is 8.03. The summed E-state index contributed by atoms with van der Waals surface area (Å²) < 4.78 is 14.6. The van der Waals surface area contributed by atoms with Crippen LogP contribution < -0.4 is 16.0 Å². The molecule has 3 rings (SSSR count). The van der Waals surface area contributed by atoms with Crippen LogP contribution in [-0.4, -0.2) is 25.5 Å². The van der Waals surface area contributed by atoms with Gasteiger partial charge in [-0.05, 0) is 23.8 Å². The molecule has 1 unspecified atom stereocenters. The number of nitrogens with one attached hydrogen (secondary N) is 3. The first-order valence-electron chi connectivity index (χ1n) is 8.34. The van der Waals surface area contributed by atoms with E-state index in [4.69, 9.17) is 0 Å². The Hall–Kier alpha value is -1.68. The van der Waals surface area contributed by atoms with Crippen LogP contribution in [0.4, 0.5) is 10.1 Å². The Morgan fingerprint density at radius 2 is 2.07 bits per heavy atom. The summed E-state index contributed by atoms with van der Waals surface area (Å²) in [5.41, 5.74) is 2.52. The predicted molar refractivity (Wildman–Crippen MR) is 120 cm³/mol. The molecule has 144 valence electrons. The second-order valence-corrected chi connectivity index (χ2v) is 6.99. The molecule has 0 spiro atoms. The molecule has 0 bridgehead atoms. The lowest BCUT2D eigenvalue weighted by Gasteiger charge is -2.26. The highest BCUT2D eigenvalue weighted by molar-refractivity contribution is 14.0. The van der Waals surface area contributed by atoms with E-state index in [1.165, 1.54) is 6.07 Å². The number of aliphatic imine (C=N–C) groups is 1. The Balaban J connectivity index is 0.00000261. The van der Waals surface area contributed by atoms with E-state index in [0.29, 0.717) is 35.5 Å². The molecule has 2 aromatic carbocycles. The zero-order valence-electron chi connectivity index (χ0n) is 14.8. The molecule has 2 aromatic rings. The normalized spacial score (nSPS) is 16.0. The number of nitrogens with zero attached hydrogens (tertiary/aromatic N) is 1. The molecule has 1 amide bonds. The van der Waals surface area contributed by atoms with E-state index in [-0.39, 0.29) is 41.6 Å². The maximum Gasteiger partial charge on any atom is 0.225 e. The highest BCUT2D eigenvalue weighted by atomic mass is 127. The predicted octanol–water partition coefficient (Wildman–Crippen LogP) is 4.00. The number of carbonyl (C=O) groups excluding carboxylic acids is 1. The van der Waals surface area contributed by atoms with Gasteiger partial charge in [0.25, 0.3) is 0 Å². The van der Waals surface area contributed by atoms with Gasteiger partial charge in [0.15, 0.2) is 5.96 Å². The number of rotatable bonds is 4. The van der Waals surface area contributed by atoms with Crippen LogP contribution in [0.1, 0.15) is 23.5 Å². The first kappa shape index (κ1) is 21.6. The lowest BCUT2D eigenvalue weighted by atomic mass is 9.90. The van der Waals surface area contributed by atoms with Crippen LogP contribution in [-0.2, 0) is 11.3 Å². The molecule has 0 aliphatic carbocycles. The molecule has 0 fully saturated rings. The van der Waals surface area contributed by atoms with Gasteiger partial charge < -0.3 is 16.0 Å². The summed E-state index contributed by atoms with van der Waals surface area (Å²) in [4.78, 5) is 16.1. The van der Waals surface area contributed by atoms with Crippen LogP contribution in [0, 0.1) is 5.82 Å². The molecular weight excluding hydrogens is 526 g/mol. The Labute approximate surface area is 183 Å². The van der Waals surface area contributed by atoms with E-state index in [1.54, 1.807) is 19.2 Å². The van der Waals surface area contributed by atoms with Crippen molar-refractivity contribution in [1.82, 2.24) is 10.6 Å². The average Bonchev–Trinajstić information content (AvgIpc) is 2.63. The highest BCUT2D eigenvalue weighted by Gasteiger charge is 2.24. The second kappa shape index (κ2) is 10.0. The maximum atomic E-state index is 13.9. The maximum absolute atomic E-state index is 13.9. The van der Waals surface area contributed by atoms with Gasteiger partial charge in [-0.2, -0.15) is 0 Å². The van der Waals surface area contributed by atoms with Crippen molar-refractivity contribution in [2.75, 3.05) is 18.9 Å². The lowest BCUT2D eigenvalue weighted by molar-refractivity contribution is -0.116. The molecule has 0 saturated heterocycles. The molecule has 1 heterocycles. The van der Waals surface area contributed by atoms with Crippen molar-refractivity contribution in [1.29, 1.82) is 0 Å². The molecule has 1 aliphatic heterocycles. The Morgan fingerprint density at radius 3 is 2.81 bits per heavy atom. The van der Waals surface area contributed by atoms with Gasteiger partial charge in [0.2, 0.25) is 5.91 Å². The topological polar surface area (TPSA) is 65.5 Å².